The Bertz CT molecular complexity index is 1450. The highest BCUT2D eigenvalue weighted by molar-refractivity contribution is 7.09. The maximum absolute atomic E-state index is 14.5. The summed E-state index contributed by atoms with van der Waals surface area (Å²) in [5.74, 6) is -2.55. The van der Waals surface area contributed by atoms with Crippen LogP contribution in [0.15, 0.2) is 29.6 Å². The lowest BCUT2D eigenvalue weighted by molar-refractivity contribution is -0.145. The van der Waals surface area contributed by atoms with E-state index in [9.17, 15) is 29.4 Å². The number of aliphatic carboxylic acids is 1. The second-order valence-corrected chi connectivity index (χ2v) is 16.0. The second kappa shape index (κ2) is 20.9. The Labute approximate surface area is 314 Å². The molecule has 7 atom stereocenters. The lowest BCUT2D eigenvalue weighted by Gasteiger charge is -2.39. The SMILES string of the molecule is CCC(C)C(CC(=O)C1CCCCN1C)C(=O)N(CCOC)[C@H](C[C@@H](O)c1nc(C(=O)N[C@@H](Cc2ccc(C)cc2)C[C@H](C)C(=O)O)cs1)C(C)C. The number of aliphatic hydroxyl groups is 1. The molecule has 0 aliphatic carbocycles. The first kappa shape index (κ1) is 43.2. The predicted molar refractivity (Wildman–Crippen MR) is 204 cm³/mol. The number of hydrogen-bond donors (Lipinski definition) is 3. The third-order valence-corrected chi connectivity index (χ3v) is 11.6. The van der Waals surface area contributed by atoms with Crippen molar-refractivity contribution in [3.63, 3.8) is 0 Å². The first-order valence-electron chi connectivity index (χ1n) is 18.9. The number of aryl methyl sites for hydroxylation is 1. The number of nitrogens with one attached hydrogen (secondary N) is 1. The summed E-state index contributed by atoms with van der Waals surface area (Å²) >= 11 is 1.17. The molecule has 52 heavy (non-hydrogen) atoms. The number of thiazole rings is 1. The summed E-state index contributed by atoms with van der Waals surface area (Å²) in [5.41, 5.74) is 2.24. The van der Waals surface area contributed by atoms with E-state index in [0.29, 0.717) is 24.6 Å². The molecule has 11 nitrogen and oxygen atoms in total. The van der Waals surface area contributed by atoms with E-state index >= 15 is 0 Å². The van der Waals surface area contributed by atoms with E-state index in [0.717, 1.165) is 43.4 Å². The number of carboxylic acids is 1. The number of aliphatic hydroxyl groups excluding tert-OH is 1. The highest BCUT2D eigenvalue weighted by Gasteiger charge is 2.38. The molecule has 1 saturated heterocycles. The van der Waals surface area contributed by atoms with Crippen LogP contribution in [-0.4, -0.2) is 101 Å². The third kappa shape index (κ3) is 12.5. The van der Waals surface area contributed by atoms with Crippen LogP contribution < -0.4 is 5.32 Å². The van der Waals surface area contributed by atoms with Gasteiger partial charge in [-0.2, -0.15) is 0 Å². The first-order chi connectivity index (χ1) is 24.7. The molecule has 1 fully saturated rings. The fraction of sp³-hybridized carbons (Fsp3) is 0.675. The summed E-state index contributed by atoms with van der Waals surface area (Å²) in [6.07, 6.45) is 3.68. The fourth-order valence-electron chi connectivity index (χ4n) is 7.12. The number of likely N-dealkylation sites (N-methyl/N-ethyl adjacent to an activating group) is 1. The molecule has 1 aromatic heterocycles. The Balaban J connectivity index is 1.79. The molecule has 2 aromatic rings. The maximum atomic E-state index is 14.5. The molecule has 3 N–H and O–H groups in total. The fourth-order valence-corrected chi connectivity index (χ4v) is 7.91. The van der Waals surface area contributed by atoms with Gasteiger partial charge in [0.1, 0.15) is 16.8 Å². The molecule has 290 valence electrons. The van der Waals surface area contributed by atoms with Crippen molar-refractivity contribution in [2.24, 2.45) is 23.7 Å². The Kier molecular flexibility index (Phi) is 17.4. The van der Waals surface area contributed by atoms with Gasteiger partial charge in [0.15, 0.2) is 5.78 Å². The van der Waals surface area contributed by atoms with E-state index in [1.54, 1.807) is 24.3 Å². The number of rotatable bonds is 21. The molecule has 2 heterocycles. The van der Waals surface area contributed by atoms with Crippen LogP contribution in [0.1, 0.15) is 112 Å². The number of hydrogen-bond acceptors (Lipinski definition) is 9. The number of piperidine rings is 1. The molecular weight excluding hydrogens is 681 g/mol. The van der Waals surface area contributed by atoms with Crippen molar-refractivity contribution >= 4 is 34.9 Å². The Morgan fingerprint density at radius 2 is 1.79 bits per heavy atom. The quantitative estimate of drug-likeness (QED) is 0.142. The molecule has 3 rings (SSSR count). The summed E-state index contributed by atoms with van der Waals surface area (Å²) < 4.78 is 5.42. The second-order valence-electron chi connectivity index (χ2n) is 15.1. The Morgan fingerprint density at radius 1 is 1.10 bits per heavy atom. The van der Waals surface area contributed by atoms with Crippen LogP contribution in [0.4, 0.5) is 0 Å². The van der Waals surface area contributed by atoms with Crippen molar-refractivity contribution in [2.45, 2.75) is 117 Å². The number of ketones is 1. The Hall–Kier alpha value is -3.19. The number of likely N-dealkylation sites (tertiary alicyclic amines) is 1. The summed E-state index contributed by atoms with van der Waals surface area (Å²) in [6.45, 7) is 13.2. The van der Waals surface area contributed by atoms with Gasteiger partial charge in [-0.05, 0) is 63.6 Å². The van der Waals surface area contributed by atoms with Gasteiger partial charge >= 0.3 is 5.97 Å². The number of nitrogens with zero attached hydrogens (tertiary/aromatic N) is 3. The molecule has 0 saturated carbocycles. The topological polar surface area (TPSA) is 149 Å². The van der Waals surface area contributed by atoms with E-state index < -0.39 is 35.9 Å². The summed E-state index contributed by atoms with van der Waals surface area (Å²) in [6, 6.07) is 6.93. The van der Waals surface area contributed by atoms with Crippen molar-refractivity contribution in [2.75, 3.05) is 33.9 Å². The van der Waals surface area contributed by atoms with Crippen molar-refractivity contribution < 1.29 is 34.1 Å². The molecule has 1 aliphatic rings. The monoisotopic (exact) mass is 742 g/mol. The number of benzene rings is 1. The normalized spacial score (nSPS) is 18.6. The molecule has 0 spiro atoms. The number of aromatic nitrogens is 1. The molecule has 0 radical (unpaired) electrons. The van der Waals surface area contributed by atoms with E-state index in [1.807, 2.05) is 65.9 Å². The van der Waals surface area contributed by atoms with Crippen molar-refractivity contribution in [3.05, 3.63) is 51.5 Å². The molecule has 12 heteroatoms. The van der Waals surface area contributed by atoms with Crippen LogP contribution in [0.3, 0.4) is 0 Å². The van der Waals surface area contributed by atoms with Gasteiger partial charge in [-0.15, -0.1) is 11.3 Å². The summed E-state index contributed by atoms with van der Waals surface area (Å²) in [7, 11) is 3.58. The number of methoxy groups -OCH3 is 1. The Morgan fingerprint density at radius 3 is 2.38 bits per heavy atom. The number of carboxylic acid groups (broad SMARTS) is 1. The number of carbonyl (C=O) groups is 4. The van der Waals surface area contributed by atoms with E-state index in [2.05, 4.69) is 15.2 Å². The van der Waals surface area contributed by atoms with Crippen molar-refractivity contribution in [1.29, 1.82) is 0 Å². The van der Waals surface area contributed by atoms with E-state index in [4.69, 9.17) is 4.74 Å². The zero-order valence-corrected chi connectivity index (χ0v) is 33.3. The van der Waals surface area contributed by atoms with Crippen LogP contribution in [0.25, 0.3) is 0 Å². The average molecular weight is 743 g/mol. The van der Waals surface area contributed by atoms with Gasteiger partial charge in [0.05, 0.1) is 18.6 Å². The molecular formula is C40H62N4O7S. The zero-order chi connectivity index (χ0) is 38.5. The summed E-state index contributed by atoms with van der Waals surface area (Å²) in [4.78, 5) is 61.6. The number of ether oxygens (including phenoxy) is 1. The standard InChI is InChI=1S/C40H62N4O7S/c1-9-27(5)31(22-35(45)33-12-10-11-17-43(33)7)39(48)44(18-19-51-8)34(25(2)3)23-36(46)38-42-32(24-52-38)37(47)41-30(20-28(6)40(49)50)21-29-15-13-26(4)14-16-29/h13-16,24-25,27-28,30-31,33-34,36,46H,9-12,17-23H2,1-8H3,(H,41,47)(H,49,50)/t27?,28-,30+,31?,33?,34+,36+/m0/s1. The molecule has 2 amide bonds. The van der Waals surface area contributed by atoms with Crippen molar-refractivity contribution in [1.82, 2.24) is 20.1 Å². The highest BCUT2D eigenvalue weighted by Crippen LogP contribution is 2.31. The third-order valence-electron chi connectivity index (χ3n) is 10.7. The lowest BCUT2D eigenvalue weighted by atomic mass is 9.82. The average Bonchev–Trinajstić information content (AvgIpc) is 3.61. The number of carbonyl (C=O) groups excluding carboxylic acids is 3. The highest BCUT2D eigenvalue weighted by atomic mass is 32.1. The van der Waals surface area contributed by atoms with Crippen LogP contribution in [0, 0.1) is 30.6 Å². The predicted octanol–water partition coefficient (Wildman–Crippen LogP) is 5.93. The van der Waals surface area contributed by atoms with Gasteiger partial charge in [-0.25, -0.2) is 4.98 Å². The van der Waals surface area contributed by atoms with Gasteiger partial charge in [0.25, 0.3) is 5.91 Å². The minimum Gasteiger partial charge on any atom is -0.481 e. The van der Waals surface area contributed by atoms with Crippen LogP contribution >= 0.6 is 11.3 Å². The minimum atomic E-state index is -1.05. The lowest BCUT2D eigenvalue weighted by Crippen LogP contribution is -2.50. The van der Waals surface area contributed by atoms with Gasteiger partial charge in [0.2, 0.25) is 5.91 Å². The summed E-state index contributed by atoms with van der Waals surface area (Å²) in [5, 5.41) is 26.0. The smallest absolute Gasteiger partial charge is 0.306 e. The van der Waals surface area contributed by atoms with Crippen LogP contribution in [0.2, 0.25) is 0 Å². The minimum absolute atomic E-state index is 0.0125. The first-order valence-corrected chi connectivity index (χ1v) is 19.8. The van der Waals surface area contributed by atoms with Crippen LogP contribution in [-0.2, 0) is 25.5 Å². The van der Waals surface area contributed by atoms with Gasteiger partial charge < -0.3 is 25.2 Å². The van der Waals surface area contributed by atoms with E-state index in [-0.39, 0.29) is 60.6 Å². The van der Waals surface area contributed by atoms with Crippen molar-refractivity contribution in [3.8, 4) is 0 Å². The van der Waals surface area contributed by atoms with Crippen LogP contribution in [0.5, 0.6) is 0 Å². The zero-order valence-electron chi connectivity index (χ0n) is 32.5. The van der Waals surface area contributed by atoms with E-state index in [1.165, 1.54) is 11.3 Å². The molecule has 1 aromatic carbocycles. The molecule has 1 aliphatic heterocycles. The van der Waals surface area contributed by atoms with Gasteiger partial charge in [-0.1, -0.05) is 77.3 Å². The molecule has 0 bridgehead atoms. The largest absolute Gasteiger partial charge is 0.481 e. The maximum Gasteiger partial charge on any atom is 0.306 e. The van der Waals surface area contributed by atoms with Gasteiger partial charge in [-0.3, -0.25) is 24.1 Å². The number of amides is 2. The van der Waals surface area contributed by atoms with Gasteiger partial charge in [0, 0.05) is 49.9 Å². The number of Topliss-reactive ketones (excluding diaryl/α,β-unsaturated/α-hetero) is 1. The molecule has 3 unspecified atom stereocenters.